The van der Waals surface area contributed by atoms with Gasteiger partial charge in [0.1, 0.15) is 0 Å². The van der Waals surface area contributed by atoms with Gasteiger partial charge in [0, 0.05) is 10.2 Å². The van der Waals surface area contributed by atoms with E-state index in [-0.39, 0.29) is 0 Å². The molecule has 2 aromatic carbocycles. The Bertz CT molecular complexity index is 516. The summed E-state index contributed by atoms with van der Waals surface area (Å²) in [7, 11) is 0. The van der Waals surface area contributed by atoms with Gasteiger partial charge in [-0.15, -0.1) is 0 Å². The van der Waals surface area contributed by atoms with Crippen molar-refractivity contribution in [3.05, 3.63) is 52.0 Å². The van der Waals surface area contributed by atoms with Gasteiger partial charge in [0.05, 0.1) is 16.4 Å². The van der Waals surface area contributed by atoms with Crippen LogP contribution in [0.25, 0.3) is 0 Å². The highest BCUT2D eigenvalue weighted by Crippen LogP contribution is 2.32. The minimum atomic E-state index is 0.528. The summed E-state index contributed by atoms with van der Waals surface area (Å²) in [5.41, 5.74) is 4.16. The Kier molecular flexibility index (Phi) is 3.89. The van der Waals surface area contributed by atoms with Crippen molar-refractivity contribution in [3.8, 4) is 0 Å². The molecule has 0 spiro atoms. The van der Waals surface area contributed by atoms with E-state index in [0.29, 0.717) is 16.4 Å². The lowest BCUT2D eigenvalue weighted by molar-refractivity contribution is 0.389. The average Bonchev–Trinajstić information content (AvgIpc) is 2.34. The lowest BCUT2D eigenvalue weighted by Gasteiger charge is -2.12. The number of hydrogen-bond donors (Lipinski definition) is 3. The van der Waals surface area contributed by atoms with Crippen molar-refractivity contribution in [3.63, 3.8) is 0 Å². The molecule has 0 amide bonds. The van der Waals surface area contributed by atoms with Crippen LogP contribution in [0, 0.1) is 0 Å². The normalized spacial score (nSPS) is 10.1. The molecule has 0 saturated carbocycles. The predicted octanol–water partition coefficient (Wildman–Crippen LogP) is 4.65. The summed E-state index contributed by atoms with van der Waals surface area (Å²) in [4.78, 5) is 0. The van der Waals surface area contributed by atoms with Gasteiger partial charge >= 0.3 is 0 Å². The first-order chi connectivity index (χ1) is 8.20. The lowest BCUT2D eigenvalue weighted by Crippen LogP contribution is -1.98. The van der Waals surface area contributed by atoms with Crippen LogP contribution in [-0.4, -0.2) is 5.21 Å². The molecule has 0 aliphatic heterocycles. The number of halogens is 2. The van der Waals surface area contributed by atoms with Crippen molar-refractivity contribution >= 4 is 44.6 Å². The molecule has 5 heteroatoms. The summed E-state index contributed by atoms with van der Waals surface area (Å²) < 4.78 is 1.00. The van der Waals surface area contributed by atoms with E-state index in [1.165, 1.54) is 0 Å². The van der Waals surface area contributed by atoms with E-state index in [9.17, 15) is 0 Å². The highest BCUT2D eigenvalue weighted by atomic mass is 79.9. The highest BCUT2D eigenvalue weighted by Gasteiger charge is 2.06. The molecule has 3 nitrogen and oxygen atoms in total. The van der Waals surface area contributed by atoms with Crippen molar-refractivity contribution in [2.24, 2.45) is 0 Å². The zero-order valence-electron chi connectivity index (χ0n) is 8.74. The van der Waals surface area contributed by atoms with Gasteiger partial charge < -0.3 is 5.32 Å². The highest BCUT2D eigenvalue weighted by molar-refractivity contribution is 9.10. The molecule has 0 radical (unpaired) electrons. The second-order valence-corrected chi connectivity index (χ2v) is 4.73. The molecule has 0 bridgehead atoms. The fourth-order valence-corrected chi connectivity index (χ4v) is 1.91. The molecule has 0 saturated heterocycles. The van der Waals surface area contributed by atoms with Crippen LogP contribution in [0.3, 0.4) is 0 Å². The Morgan fingerprint density at radius 1 is 1.06 bits per heavy atom. The molecule has 0 heterocycles. The maximum atomic E-state index is 9.01. The van der Waals surface area contributed by atoms with Crippen LogP contribution in [0.4, 0.5) is 17.1 Å². The molecule has 3 N–H and O–H groups in total. The van der Waals surface area contributed by atoms with E-state index in [2.05, 4.69) is 26.7 Å². The van der Waals surface area contributed by atoms with Crippen LogP contribution in [0.15, 0.2) is 46.9 Å². The van der Waals surface area contributed by atoms with Crippen LogP contribution in [0.1, 0.15) is 0 Å². The molecule has 0 aromatic heterocycles. The quantitative estimate of drug-likeness (QED) is 0.723. The maximum absolute atomic E-state index is 9.01. The summed E-state index contributed by atoms with van der Waals surface area (Å²) in [6.45, 7) is 0. The first kappa shape index (κ1) is 12.2. The van der Waals surface area contributed by atoms with Crippen LogP contribution in [0.2, 0.25) is 5.02 Å². The van der Waals surface area contributed by atoms with E-state index >= 15 is 0 Å². The lowest BCUT2D eigenvalue weighted by atomic mass is 10.2. The Balaban J connectivity index is 2.32. The van der Waals surface area contributed by atoms with Crippen molar-refractivity contribution in [1.29, 1.82) is 0 Å². The van der Waals surface area contributed by atoms with Gasteiger partial charge in [-0.25, -0.2) is 0 Å². The standard InChI is InChI=1S/C12H10BrClN2O/c13-8-4-6-9(7-5-8)15-12-10(14)2-1-3-11(12)16-17/h1-7,15-17H. The molecule has 88 valence electrons. The van der Waals surface area contributed by atoms with Crippen LogP contribution in [-0.2, 0) is 0 Å². The zero-order chi connectivity index (χ0) is 12.3. The van der Waals surface area contributed by atoms with Crippen LogP contribution >= 0.6 is 27.5 Å². The Hall–Kier alpha value is -1.23. The summed E-state index contributed by atoms with van der Waals surface area (Å²) in [5, 5.41) is 12.7. The number of anilines is 3. The number of hydrogen-bond acceptors (Lipinski definition) is 3. The van der Waals surface area contributed by atoms with E-state index in [1.54, 1.807) is 18.2 Å². The largest absolute Gasteiger partial charge is 0.353 e. The Morgan fingerprint density at radius 3 is 2.41 bits per heavy atom. The second-order valence-electron chi connectivity index (χ2n) is 3.41. The molecule has 0 aliphatic carbocycles. The topological polar surface area (TPSA) is 44.3 Å². The van der Waals surface area contributed by atoms with Gasteiger partial charge in [-0.2, -0.15) is 0 Å². The smallest absolute Gasteiger partial charge is 0.0852 e. The number of benzene rings is 2. The van der Waals surface area contributed by atoms with E-state index in [0.717, 1.165) is 10.2 Å². The van der Waals surface area contributed by atoms with E-state index < -0.39 is 0 Å². The Morgan fingerprint density at radius 2 is 1.76 bits per heavy atom. The Labute approximate surface area is 113 Å². The molecule has 2 rings (SSSR count). The molecule has 0 aliphatic rings. The van der Waals surface area contributed by atoms with Gasteiger partial charge in [-0.1, -0.05) is 33.6 Å². The molecular formula is C12H10BrClN2O. The summed E-state index contributed by atoms with van der Waals surface area (Å²) in [6, 6.07) is 12.9. The predicted molar refractivity (Wildman–Crippen MR) is 74.3 cm³/mol. The first-order valence-electron chi connectivity index (χ1n) is 4.92. The van der Waals surface area contributed by atoms with Gasteiger partial charge in [-0.3, -0.25) is 10.7 Å². The third-order valence-electron chi connectivity index (χ3n) is 2.25. The molecule has 0 fully saturated rings. The molecule has 0 atom stereocenters. The second kappa shape index (κ2) is 5.40. The molecule has 0 unspecified atom stereocenters. The van der Waals surface area contributed by atoms with E-state index in [1.807, 2.05) is 24.3 Å². The number of nitrogens with one attached hydrogen (secondary N) is 2. The minimum Gasteiger partial charge on any atom is -0.353 e. The van der Waals surface area contributed by atoms with Crippen molar-refractivity contribution < 1.29 is 5.21 Å². The van der Waals surface area contributed by atoms with Crippen molar-refractivity contribution in [1.82, 2.24) is 0 Å². The fraction of sp³-hybridized carbons (Fsp3) is 0. The maximum Gasteiger partial charge on any atom is 0.0852 e. The van der Waals surface area contributed by atoms with Gasteiger partial charge in [0.15, 0.2) is 0 Å². The van der Waals surface area contributed by atoms with Crippen molar-refractivity contribution in [2.75, 3.05) is 10.8 Å². The summed E-state index contributed by atoms with van der Waals surface area (Å²) in [5.74, 6) is 0. The van der Waals surface area contributed by atoms with Crippen LogP contribution < -0.4 is 10.8 Å². The van der Waals surface area contributed by atoms with Crippen LogP contribution in [0.5, 0.6) is 0 Å². The first-order valence-corrected chi connectivity index (χ1v) is 6.09. The SMILES string of the molecule is ONc1cccc(Cl)c1Nc1ccc(Br)cc1. The minimum absolute atomic E-state index is 0.528. The monoisotopic (exact) mass is 312 g/mol. The summed E-state index contributed by atoms with van der Waals surface area (Å²) in [6.07, 6.45) is 0. The van der Waals surface area contributed by atoms with Gasteiger partial charge in [0.2, 0.25) is 0 Å². The van der Waals surface area contributed by atoms with Crippen molar-refractivity contribution in [2.45, 2.75) is 0 Å². The fourth-order valence-electron chi connectivity index (χ4n) is 1.42. The molecule has 2 aromatic rings. The third kappa shape index (κ3) is 2.91. The molecular weight excluding hydrogens is 304 g/mol. The third-order valence-corrected chi connectivity index (χ3v) is 3.09. The van der Waals surface area contributed by atoms with E-state index in [4.69, 9.17) is 16.8 Å². The average molecular weight is 314 g/mol. The number of para-hydroxylation sites is 1. The summed E-state index contributed by atoms with van der Waals surface area (Å²) >= 11 is 9.43. The number of rotatable bonds is 3. The molecule has 17 heavy (non-hydrogen) atoms. The van der Waals surface area contributed by atoms with Gasteiger partial charge in [0.25, 0.3) is 0 Å². The zero-order valence-corrected chi connectivity index (χ0v) is 11.1. The van der Waals surface area contributed by atoms with Gasteiger partial charge in [-0.05, 0) is 36.4 Å².